The predicted molar refractivity (Wildman–Crippen MR) is 153 cm³/mol. The first kappa shape index (κ1) is 30.4. The van der Waals surface area contributed by atoms with Gasteiger partial charge in [-0.05, 0) is 67.4 Å². The summed E-state index contributed by atoms with van der Waals surface area (Å²) in [6, 6.07) is 3.05. The number of hydrogen-bond donors (Lipinski definition) is 2. The Bertz CT molecular complexity index is 1480. The van der Waals surface area contributed by atoms with Crippen molar-refractivity contribution in [3.63, 3.8) is 0 Å². The van der Waals surface area contributed by atoms with E-state index in [4.69, 9.17) is 0 Å². The van der Waals surface area contributed by atoms with E-state index < -0.39 is 82.1 Å². The zero-order valence-electron chi connectivity index (χ0n) is 25.5. The molecule has 2 N–H and O–H groups in total. The quantitative estimate of drug-likeness (QED) is 0.540. The molecule has 2 saturated heterocycles. The standard InChI is InChI=1S/C32H38F3N5O4/c1-30(2,3)25(38-28(43)31(4,5)35)27(42)39-13-18-15-9-17(21(34)10-15)22(18)24(39)26(41)40-14-32(11-16(40)12-36)19-7-6-8-20(33)23(19)37-29(32)44/h6-8,15-18,21-22,24-25H,9-11,13-14H2,1-5H3,(H,37,44)(H,38,43)/t15-,16-,17+,18+,21+,22-,24-,25+,32-/m0/s1. The van der Waals surface area contributed by atoms with Crippen molar-refractivity contribution < 1.29 is 32.3 Å². The summed E-state index contributed by atoms with van der Waals surface area (Å²) < 4.78 is 44.4. The highest BCUT2D eigenvalue weighted by Crippen LogP contribution is 2.59. The number of benzene rings is 1. The maximum Gasteiger partial charge on any atom is 0.257 e. The van der Waals surface area contributed by atoms with Gasteiger partial charge in [-0.1, -0.05) is 32.9 Å². The normalized spacial score (nSPS) is 34.5. The van der Waals surface area contributed by atoms with Gasteiger partial charge in [-0.3, -0.25) is 19.2 Å². The van der Waals surface area contributed by atoms with Crippen molar-refractivity contribution in [3.05, 3.63) is 29.6 Å². The lowest BCUT2D eigenvalue weighted by Gasteiger charge is -2.39. The second-order valence-electron chi connectivity index (χ2n) is 14.8. The van der Waals surface area contributed by atoms with Crippen LogP contribution in [-0.4, -0.2) is 76.5 Å². The lowest BCUT2D eigenvalue weighted by Crippen LogP contribution is -2.61. The van der Waals surface area contributed by atoms with Gasteiger partial charge >= 0.3 is 0 Å². The fraction of sp³-hybridized carbons (Fsp3) is 0.656. The second-order valence-corrected chi connectivity index (χ2v) is 14.8. The number of anilines is 1. The number of hydrogen-bond acceptors (Lipinski definition) is 5. The number of nitriles is 1. The van der Waals surface area contributed by atoms with Gasteiger partial charge < -0.3 is 20.4 Å². The van der Waals surface area contributed by atoms with E-state index in [2.05, 4.69) is 16.7 Å². The van der Waals surface area contributed by atoms with E-state index >= 15 is 4.39 Å². The van der Waals surface area contributed by atoms with Gasteiger partial charge in [-0.25, -0.2) is 13.2 Å². The molecule has 0 unspecified atom stereocenters. The molecule has 6 rings (SSSR count). The van der Waals surface area contributed by atoms with Crippen LogP contribution in [0.15, 0.2) is 18.2 Å². The number of carbonyl (C=O) groups excluding carboxylic acids is 4. The molecule has 1 spiro atoms. The fourth-order valence-corrected chi connectivity index (χ4v) is 8.55. The Labute approximate surface area is 254 Å². The largest absolute Gasteiger partial charge is 0.341 e. The van der Waals surface area contributed by atoms with Crippen LogP contribution in [0.3, 0.4) is 0 Å². The third kappa shape index (κ3) is 4.40. The molecule has 5 aliphatic rings. The Balaban J connectivity index is 1.37. The van der Waals surface area contributed by atoms with Crippen LogP contribution in [-0.2, 0) is 24.6 Å². The van der Waals surface area contributed by atoms with Crippen LogP contribution in [0.5, 0.6) is 0 Å². The average molecular weight is 614 g/mol. The highest BCUT2D eigenvalue weighted by atomic mass is 19.1. The second kappa shape index (κ2) is 9.94. The number of halogens is 3. The Morgan fingerprint density at radius 2 is 1.84 bits per heavy atom. The lowest BCUT2D eigenvalue weighted by molar-refractivity contribution is -0.150. The minimum atomic E-state index is -2.26. The number of nitrogens with zero attached hydrogens (tertiary/aromatic N) is 3. The Morgan fingerprint density at radius 3 is 2.48 bits per heavy atom. The van der Waals surface area contributed by atoms with Crippen LogP contribution >= 0.6 is 0 Å². The Kier molecular flexibility index (Phi) is 6.87. The molecule has 12 heteroatoms. The maximum atomic E-state index is 15.2. The smallest absolute Gasteiger partial charge is 0.257 e. The fourth-order valence-electron chi connectivity index (χ4n) is 8.55. The van der Waals surface area contributed by atoms with Crippen molar-refractivity contribution in [1.29, 1.82) is 5.26 Å². The molecule has 1 aromatic rings. The molecular formula is C32H38F3N5O4. The van der Waals surface area contributed by atoms with Gasteiger partial charge in [0.05, 0.1) is 17.2 Å². The van der Waals surface area contributed by atoms with Crippen molar-refractivity contribution in [3.8, 4) is 6.07 Å². The van der Waals surface area contributed by atoms with Gasteiger partial charge in [0.2, 0.25) is 17.7 Å². The molecule has 4 fully saturated rings. The van der Waals surface area contributed by atoms with Gasteiger partial charge in [0, 0.05) is 19.5 Å². The molecule has 2 aliphatic carbocycles. The number of para-hydroxylation sites is 1. The average Bonchev–Trinajstić information content (AvgIpc) is 3.73. The van der Waals surface area contributed by atoms with Crippen LogP contribution in [0.2, 0.25) is 0 Å². The first-order chi connectivity index (χ1) is 20.5. The van der Waals surface area contributed by atoms with Crippen LogP contribution in [0.1, 0.15) is 59.4 Å². The van der Waals surface area contributed by atoms with E-state index in [0.29, 0.717) is 18.4 Å². The van der Waals surface area contributed by atoms with Crippen molar-refractivity contribution >= 4 is 29.3 Å². The maximum absolute atomic E-state index is 15.2. The molecule has 2 bridgehead atoms. The number of fused-ring (bicyclic) bond motifs is 7. The van der Waals surface area contributed by atoms with Crippen molar-refractivity contribution in [1.82, 2.24) is 15.1 Å². The van der Waals surface area contributed by atoms with Crippen molar-refractivity contribution in [2.24, 2.45) is 29.1 Å². The van der Waals surface area contributed by atoms with Crippen LogP contribution < -0.4 is 10.6 Å². The first-order valence-electron chi connectivity index (χ1n) is 15.2. The molecule has 3 aliphatic heterocycles. The van der Waals surface area contributed by atoms with Crippen molar-refractivity contribution in [2.45, 2.75) is 89.3 Å². The highest BCUT2D eigenvalue weighted by molar-refractivity contribution is 6.07. The summed E-state index contributed by atoms with van der Waals surface area (Å²) in [4.78, 5) is 57.7. The molecule has 4 amide bonds. The van der Waals surface area contributed by atoms with Gasteiger partial charge in [0.1, 0.15) is 30.1 Å². The molecule has 0 radical (unpaired) electrons. The topological polar surface area (TPSA) is 123 Å². The van der Waals surface area contributed by atoms with Gasteiger partial charge in [0.15, 0.2) is 5.67 Å². The minimum absolute atomic E-state index is 0.0206. The zero-order valence-corrected chi connectivity index (χ0v) is 25.5. The van der Waals surface area contributed by atoms with E-state index in [1.807, 2.05) is 0 Å². The lowest BCUT2D eigenvalue weighted by atomic mass is 9.77. The molecule has 9 nitrogen and oxygen atoms in total. The predicted octanol–water partition coefficient (Wildman–Crippen LogP) is 3.24. The molecule has 0 aromatic heterocycles. The number of alkyl halides is 2. The number of likely N-dealkylation sites (tertiary alicyclic amines) is 2. The third-order valence-electron chi connectivity index (χ3n) is 10.7. The summed E-state index contributed by atoms with van der Waals surface area (Å²) in [6.45, 7) is 7.31. The highest BCUT2D eigenvalue weighted by Gasteiger charge is 2.65. The Hall–Kier alpha value is -3.62. The summed E-state index contributed by atoms with van der Waals surface area (Å²) in [7, 11) is 0. The Morgan fingerprint density at radius 1 is 1.14 bits per heavy atom. The van der Waals surface area contributed by atoms with Gasteiger partial charge in [0.25, 0.3) is 5.91 Å². The minimum Gasteiger partial charge on any atom is -0.341 e. The van der Waals surface area contributed by atoms with E-state index in [9.17, 15) is 33.2 Å². The summed E-state index contributed by atoms with van der Waals surface area (Å²) in [6.07, 6.45) is -0.251. The number of carbonyl (C=O) groups is 4. The van der Waals surface area contributed by atoms with E-state index in [1.54, 1.807) is 26.8 Å². The molecule has 2 saturated carbocycles. The third-order valence-corrected chi connectivity index (χ3v) is 10.7. The van der Waals surface area contributed by atoms with Gasteiger partial charge in [-0.2, -0.15) is 5.26 Å². The molecule has 9 atom stereocenters. The van der Waals surface area contributed by atoms with Crippen LogP contribution in [0.25, 0.3) is 0 Å². The summed E-state index contributed by atoms with van der Waals surface area (Å²) in [5.41, 5.74) is -4.10. The molecule has 236 valence electrons. The first-order valence-corrected chi connectivity index (χ1v) is 15.2. The SMILES string of the molecule is CC(C)(F)C(=O)N[C@H](C(=O)N1C[C@@H]2[C@H]3C[C@@H]([C@@H]2[C@H]1C(=O)N1C[C@]2(C[C@H]1C#N)C(=O)Nc1c(F)cccc12)[C@H](F)C3)C(C)(C)C. The number of rotatable bonds is 4. The van der Waals surface area contributed by atoms with E-state index in [1.165, 1.54) is 21.9 Å². The molecule has 44 heavy (non-hydrogen) atoms. The monoisotopic (exact) mass is 613 g/mol. The zero-order chi connectivity index (χ0) is 32.1. The van der Waals surface area contributed by atoms with E-state index in [0.717, 1.165) is 13.8 Å². The number of amides is 4. The molecule has 1 aromatic carbocycles. The summed E-state index contributed by atoms with van der Waals surface area (Å²) >= 11 is 0. The summed E-state index contributed by atoms with van der Waals surface area (Å²) in [5.74, 6) is -4.39. The van der Waals surface area contributed by atoms with E-state index in [-0.39, 0.29) is 37.0 Å². The van der Waals surface area contributed by atoms with Crippen molar-refractivity contribution in [2.75, 3.05) is 18.4 Å². The van der Waals surface area contributed by atoms with Crippen LogP contribution in [0.4, 0.5) is 18.9 Å². The molecule has 3 heterocycles. The summed E-state index contributed by atoms with van der Waals surface area (Å²) in [5, 5.41) is 15.3. The van der Waals surface area contributed by atoms with Crippen LogP contribution in [0, 0.1) is 46.2 Å². The van der Waals surface area contributed by atoms with Gasteiger partial charge in [-0.15, -0.1) is 0 Å². The number of nitrogens with one attached hydrogen (secondary N) is 2. The molecular weight excluding hydrogens is 575 g/mol.